The summed E-state index contributed by atoms with van der Waals surface area (Å²) >= 11 is 0. The van der Waals surface area contributed by atoms with Gasteiger partial charge < -0.3 is 15.4 Å². The first-order valence-electron chi connectivity index (χ1n) is 11.1. The predicted octanol–water partition coefficient (Wildman–Crippen LogP) is 3.03. The quantitative estimate of drug-likeness (QED) is 0.581. The molecule has 0 spiro atoms. The third-order valence-electron chi connectivity index (χ3n) is 5.58. The number of halogens is 4. The SMILES string of the molecule is CC(=O)N1CCN(C(=O)OCc2ccccc2)CCN1C(=O)C[C@H](N)Cc1cc(F)c(F)cc1F.Cl. The first-order chi connectivity index (χ1) is 16.7. The molecule has 1 aliphatic rings. The zero-order valence-corrected chi connectivity index (χ0v) is 20.5. The molecule has 0 radical (unpaired) electrons. The van der Waals surface area contributed by atoms with E-state index in [0.717, 1.165) is 5.56 Å². The Labute approximate surface area is 213 Å². The van der Waals surface area contributed by atoms with Crippen molar-refractivity contribution in [2.24, 2.45) is 5.73 Å². The average Bonchev–Trinajstić information content (AvgIpc) is 3.05. The molecule has 3 amide bonds. The van der Waals surface area contributed by atoms with Gasteiger partial charge in [0.1, 0.15) is 12.4 Å². The van der Waals surface area contributed by atoms with Crippen LogP contribution < -0.4 is 5.73 Å². The Bertz CT molecular complexity index is 1080. The molecule has 36 heavy (non-hydrogen) atoms. The van der Waals surface area contributed by atoms with Crippen LogP contribution in [0, 0.1) is 17.5 Å². The highest BCUT2D eigenvalue weighted by Crippen LogP contribution is 2.17. The molecule has 3 rings (SSSR count). The normalized spacial score (nSPS) is 14.5. The lowest BCUT2D eigenvalue weighted by atomic mass is 10.0. The smallest absolute Gasteiger partial charge is 0.410 e. The van der Waals surface area contributed by atoms with Crippen LogP contribution in [0.15, 0.2) is 42.5 Å². The molecule has 8 nitrogen and oxygen atoms in total. The largest absolute Gasteiger partial charge is 0.445 e. The number of rotatable bonds is 6. The molecule has 1 heterocycles. The van der Waals surface area contributed by atoms with Crippen LogP contribution in [-0.2, 0) is 27.4 Å². The van der Waals surface area contributed by atoms with Crippen LogP contribution in [0.2, 0.25) is 0 Å². The summed E-state index contributed by atoms with van der Waals surface area (Å²) in [5, 5.41) is 2.42. The van der Waals surface area contributed by atoms with Crippen molar-refractivity contribution < 1.29 is 32.3 Å². The number of nitrogens with two attached hydrogens (primary N) is 1. The van der Waals surface area contributed by atoms with Gasteiger partial charge in [-0.3, -0.25) is 9.59 Å². The molecule has 12 heteroatoms. The van der Waals surface area contributed by atoms with E-state index in [9.17, 15) is 27.6 Å². The van der Waals surface area contributed by atoms with E-state index in [2.05, 4.69) is 0 Å². The minimum absolute atomic E-state index is 0. The highest BCUT2D eigenvalue weighted by Gasteiger charge is 2.31. The van der Waals surface area contributed by atoms with Crippen molar-refractivity contribution in [3.8, 4) is 0 Å². The maximum absolute atomic E-state index is 13.9. The summed E-state index contributed by atoms with van der Waals surface area (Å²) in [5.74, 6) is -4.41. The van der Waals surface area contributed by atoms with Gasteiger partial charge in [0.15, 0.2) is 11.6 Å². The maximum Gasteiger partial charge on any atom is 0.410 e. The average molecular weight is 529 g/mol. The Morgan fingerprint density at radius 2 is 1.56 bits per heavy atom. The second kappa shape index (κ2) is 13.1. The van der Waals surface area contributed by atoms with Crippen LogP contribution >= 0.6 is 12.4 Å². The Hall–Kier alpha value is -3.31. The molecule has 2 aromatic rings. The third-order valence-corrected chi connectivity index (χ3v) is 5.58. The van der Waals surface area contributed by atoms with Gasteiger partial charge in [-0.25, -0.2) is 28.0 Å². The molecule has 1 atom stereocenters. The van der Waals surface area contributed by atoms with Crippen molar-refractivity contribution in [3.05, 3.63) is 71.0 Å². The van der Waals surface area contributed by atoms with Gasteiger partial charge in [0.25, 0.3) is 0 Å². The van der Waals surface area contributed by atoms with Crippen molar-refractivity contribution >= 4 is 30.3 Å². The summed E-state index contributed by atoms with van der Waals surface area (Å²) in [4.78, 5) is 39.1. The molecular weight excluding hydrogens is 501 g/mol. The van der Waals surface area contributed by atoms with Crippen LogP contribution in [-0.4, -0.2) is 65.0 Å². The fourth-order valence-electron chi connectivity index (χ4n) is 3.77. The molecule has 2 aromatic carbocycles. The first-order valence-corrected chi connectivity index (χ1v) is 11.1. The second-order valence-electron chi connectivity index (χ2n) is 8.21. The Balaban J connectivity index is 0.00000456. The fourth-order valence-corrected chi connectivity index (χ4v) is 3.77. The summed E-state index contributed by atoms with van der Waals surface area (Å²) in [7, 11) is 0. The maximum atomic E-state index is 13.9. The van der Waals surface area contributed by atoms with Crippen LogP contribution in [0.25, 0.3) is 0 Å². The van der Waals surface area contributed by atoms with Gasteiger partial charge in [-0.2, -0.15) is 0 Å². The van der Waals surface area contributed by atoms with Crippen LogP contribution in [0.4, 0.5) is 18.0 Å². The molecule has 196 valence electrons. The molecular formula is C24H28ClF3N4O4. The number of ether oxygens (including phenoxy) is 1. The number of hydrogen-bond acceptors (Lipinski definition) is 5. The number of carbonyl (C=O) groups excluding carboxylic acids is 3. The lowest BCUT2D eigenvalue weighted by Crippen LogP contribution is -2.50. The van der Waals surface area contributed by atoms with E-state index < -0.39 is 41.4 Å². The minimum atomic E-state index is -1.32. The number of benzene rings is 2. The summed E-state index contributed by atoms with van der Waals surface area (Å²) in [5.41, 5.74) is 6.65. The molecule has 0 aromatic heterocycles. The Morgan fingerprint density at radius 3 is 2.19 bits per heavy atom. The molecule has 0 aliphatic carbocycles. The molecule has 1 aliphatic heterocycles. The van der Waals surface area contributed by atoms with E-state index in [1.807, 2.05) is 30.3 Å². The zero-order valence-electron chi connectivity index (χ0n) is 19.7. The van der Waals surface area contributed by atoms with Gasteiger partial charge in [-0.1, -0.05) is 30.3 Å². The van der Waals surface area contributed by atoms with E-state index in [1.165, 1.54) is 21.8 Å². The summed E-state index contributed by atoms with van der Waals surface area (Å²) in [6.07, 6.45) is -1.06. The van der Waals surface area contributed by atoms with Crippen molar-refractivity contribution in [1.29, 1.82) is 0 Å². The van der Waals surface area contributed by atoms with Crippen molar-refractivity contribution in [1.82, 2.24) is 14.9 Å². The topological polar surface area (TPSA) is 96.2 Å². The number of hydrogen-bond donors (Lipinski definition) is 1. The van der Waals surface area contributed by atoms with Crippen molar-refractivity contribution in [2.45, 2.75) is 32.4 Å². The van der Waals surface area contributed by atoms with E-state index in [4.69, 9.17) is 10.5 Å². The Kier molecular flexibility index (Phi) is 10.5. The highest BCUT2D eigenvalue weighted by atomic mass is 35.5. The standard InChI is InChI=1S/C24H27F3N4O4.ClH/c1-16(32)30-9-7-29(24(34)35-15-17-5-3-2-4-6-17)8-10-31(30)23(33)13-19(28)11-18-12-21(26)22(27)14-20(18)25;/h2-6,12,14,19H,7-11,13,15,28H2,1H3;1H/t19-;/m1./s1. The number of carbonyl (C=O) groups is 3. The highest BCUT2D eigenvalue weighted by molar-refractivity contribution is 5.85. The van der Waals surface area contributed by atoms with Crippen LogP contribution in [0.1, 0.15) is 24.5 Å². The van der Waals surface area contributed by atoms with Gasteiger partial charge in [0.05, 0.1) is 13.1 Å². The molecule has 0 unspecified atom stereocenters. The molecule has 2 N–H and O–H groups in total. The van der Waals surface area contributed by atoms with Gasteiger partial charge in [-0.05, 0) is 23.6 Å². The fraction of sp³-hybridized carbons (Fsp3) is 0.375. The molecule has 1 fully saturated rings. The number of amides is 3. The van der Waals surface area contributed by atoms with Crippen LogP contribution in [0.3, 0.4) is 0 Å². The second-order valence-corrected chi connectivity index (χ2v) is 8.21. The molecule has 0 saturated carbocycles. The number of nitrogens with zero attached hydrogens (tertiary/aromatic N) is 3. The Morgan fingerprint density at radius 1 is 0.944 bits per heavy atom. The molecule has 1 saturated heterocycles. The van der Waals surface area contributed by atoms with E-state index in [0.29, 0.717) is 12.1 Å². The summed E-state index contributed by atoms with van der Waals surface area (Å²) < 4.78 is 45.9. The molecule has 0 bridgehead atoms. The summed E-state index contributed by atoms with van der Waals surface area (Å²) in [6.45, 7) is 1.74. The first kappa shape index (κ1) is 28.9. The van der Waals surface area contributed by atoms with E-state index in [-0.39, 0.29) is 63.6 Å². The zero-order chi connectivity index (χ0) is 25.5. The van der Waals surface area contributed by atoms with Crippen molar-refractivity contribution in [3.63, 3.8) is 0 Å². The third kappa shape index (κ3) is 7.59. The predicted molar refractivity (Wildman–Crippen MR) is 127 cm³/mol. The van der Waals surface area contributed by atoms with Crippen molar-refractivity contribution in [2.75, 3.05) is 26.2 Å². The van der Waals surface area contributed by atoms with Crippen LogP contribution in [0.5, 0.6) is 0 Å². The monoisotopic (exact) mass is 528 g/mol. The van der Waals surface area contributed by atoms with E-state index in [1.54, 1.807) is 0 Å². The van der Waals surface area contributed by atoms with Gasteiger partial charge >= 0.3 is 6.09 Å². The van der Waals surface area contributed by atoms with Gasteiger partial charge in [-0.15, -0.1) is 12.4 Å². The lowest BCUT2D eigenvalue weighted by molar-refractivity contribution is -0.161. The van der Waals surface area contributed by atoms with E-state index >= 15 is 0 Å². The van der Waals surface area contributed by atoms with Gasteiger partial charge in [0, 0.05) is 38.5 Å². The number of hydrazine groups is 1. The lowest BCUT2D eigenvalue weighted by Gasteiger charge is -2.32. The van der Waals surface area contributed by atoms with Gasteiger partial charge in [0.2, 0.25) is 11.8 Å². The minimum Gasteiger partial charge on any atom is -0.445 e. The summed E-state index contributed by atoms with van der Waals surface area (Å²) in [6, 6.07) is 9.38.